The van der Waals surface area contributed by atoms with Crippen molar-refractivity contribution in [2.24, 2.45) is 5.84 Å². The number of nitro groups is 1. The first-order chi connectivity index (χ1) is 9.54. The Morgan fingerprint density at radius 3 is 2.95 bits per heavy atom. The molecule has 1 heterocycles. The third-order valence-corrected chi connectivity index (χ3v) is 3.22. The number of nitrogens with one attached hydrogen (secondary N) is 1. The van der Waals surface area contributed by atoms with Gasteiger partial charge < -0.3 is 15.1 Å². The van der Waals surface area contributed by atoms with Crippen molar-refractivity contribution in [2.75, 3.05) is 25.2 Å². The van der Waals surface area contributed by atoms with Gasteiger partial charge in [-0.25, -0.2) is 0 Å². The normalized spacial score (nSPS) is 18.7. The van der Waals surface area contributed by atoms with E-state index in [0.717, 1.165) is 0 Å². The summed E-state index contributed by atoms with van der Waals surface area (Å²) in [5, 5.41) is 10.8. The fourth-order valence-electron chi connectivity index (χ4n) is 2.14. The van der Waals surface area contributed by atoms with Gasteiger partial charge in [0.15, 0.2) is 0 Å². The summed E-state index contributed by atoms with van der Waals surface area (Å²) in [4.78, 5) is 24.3. The van der Waals surface area contributed by atoms with E-state index in [1.54, 1.807) is 4.90 Å². The molecule has 0 aromatic heterocycles. The number of hydrogen-bond acceptors (Lipinski definition) is 6. The lowest BCUT2D eigenvalue weighted by atomic mass is 10.1. The summed E-state index contributed by atoms with van der Waals surface area (Å²) in [6.45, 7) is 3.37. The van der Waals surface area contributed by atoms with Crippen molar-refractivity contribution in [1.82, 2.24) is 4.90 Å². The van der Waals surface area contributed by atoms with Crippen molar-refractivity contribution < 1.29 is 14.5 Å². The molecule has 1 aliphatic heterocycles. The highest BCUT2D eigenvalue weighted by Crippen LogP contribution is 2.25. The highest BCUT2D eigenvalue weighted by molar-refractivity contribution is 5.96. The van der Waals surface area contributed by atoms with Crippen molar-refractivity contribution in [2.45, 2.75) is 13.0 Å². The zero-order valence-electron chi connectivity index (χ0n) is 11.0. The van der Waals surface area contributed by atoms with Gasteiger partial charge in [-0.2, -0.15) is 0 Å². The number of carbonyl (C=O) groups is 1. The van der Waals surface area contributed by atoms with Crippen LogP contribution in [0.2, 0.25) is 0 Å². The number of morpholine rings is 1. The highest BCUT2D eigenvalue weighted by Gasteiger charge is 2.26. The van der Waals surface area contributed by atoms with Crippen molar-refractivity contribution in [3.63, 3.8) is 0 Å². The van der Waals surface area contributed by atoms with Gasteiger partial charge in [0.2, 0.25) is 0 Å². The molecule has 0 spiro atoms. The molecule has 0 aliphatic carbocycles. The molecule has 0 bridgehead atoms. The zero-order valence-corrected chi connectivity index (χ0v) is 11.0. The SMILES string of the molecule is CC1COCCN1C(=O)c1ccc([N+](=O)[O-])c(NN)c1. The van der Waals surface area contributed by atoms with E-state index in [9.17, 15) is 14.9 Å². The Morgan fingerprint density at radius 2 is 2.35 bits per heavy atom. The molecule has 1 atom stereocenters. The van der Waals surface area contributed by atoms with E-state index in [0.29, 0.717) is 25.3 Å². The molecule has 1 saturated heterocycles. The number of hydrogen-bond donors (Lipinski definition) is 2. The molecule has 2 rings (SSSR count). The van der Waals surface area contributed by atoms with Crippen LogP contribution in [-0.2, 0) is 4.74 Å². The molecule has 20 heavy (non-hydrogen) atoms. The zero-order chi connectivity index (χ0) is 14.7. The molecular formula is C12H16N4O4. The van der Waals surface area contributed by atoms with Crippen LogP contribution in [0, 0.1) is 10.1 Å². The number of ether oxygens (including phenoxy) is 1. The average molecular weight is 280 g/mol. The summed E-state index contributed by atoms with van der Waals surface area (Å²) in [6, 6.07) is 4.07. The van der Waals surface area contributed by atoms with E-state index >= 15 is 0 Å². The maximum absolute atomic E-state index is 12.4. The standard InChI is InChI=1S/C12H16N4O4/c1-8-7-20-5-4-15(8)12(17)9-2-3-11(16(18)19)10(6-9)14-13/h2-3,6,8,14H,4-5,7,13H2,1H3. The number of carbonyl (C=O) groups excluding carboxylic acids is 1. The Kier molecular flexibility index (Phi) is 4.16. The van der Waals surface area contributed by atoms with Crippen LogP contribution in [0.15, 0.2) is 18.2 Å². The van der Waals surface area contributed by atoms with Crippen LogP contribution >= 0.6 is 0 Å². The third-order valence-electron chi connectivity index (χ3n) is 3.22. The minimum absolute atomic E-state index is 0.0271. The summed E-state index contributed by atoms with van der Waals surface area (Å²) in [6.07, 6.45) is 0. The lowest BCUT2D eigenvalue weighted by Gasteiger charge is -2.33. The van der Waals surface area contributed by atoms with E-state index < -0.39 is 4.92 Å². The van der Waals surface area contributed by atoms with Gasteiger partial charge >= 0.3 is 0 Å². The van der Waals surface area contributed by atoms with Gasteiger partial charge in [0.25, 0.3) is 11.6 Å². The van der Waals surface area contributed by atoms with Crippen molar-refractivity contribution in [3.8, 4) is 0 Å². The molecule has 108 valence electrons. The highest BCUT2D eigenvalue weighted by atomic mass is 16.6. The number of amides is 1. The van der Waals surface area contributed by atoms with Gasteiger partial charge in [0, 0.05) is 18.2 Å². The Balaban J connectivity index is 2.28. The molecule has 0 radical (unpaired) electrons. The lowest BCUT2D eigenvalue weighted by molar-refractivity contribution is -0.384. The molecule has 8 nitrogen and oxygen atoms in total. The second-order valence-corrected chi connectivity index (χ2v) is 4.56. The summed E-state index contributed by atoms with van der Waals surface area (Å²) >= 11 is 0. The number of nitro benzene ring substituents is 1. The lowest BCUT2D eigenvalue weighted by Crippen LogP contribution is -2.47. The molecule has 1 aromatic carbocycles. The minimum Gasteiger partial charge on any atom is -0.377 e. The predicted octanol–water partition coefficient (Wildman–Crippen LogP) is 0.741. The fourth-order valence-corrected chi connectivity index (χ4v) is 2.14. The van der Waals surface area contributed by atoms with E-state index in [1.165, 1.54) is 18.2 Å². The van der Waals surface area contributed by atoms with Crippen LogP contribution in [0.1, 0.15) is 17.3 Å². The van der Waals surface area contributed by atoms with Crippen LogP contribution < -0.4 is 11.3 Å². The second-order valence-electron chi connectivity index (χ2n) is 4.56. The van der Waals surface area contributed by atoms with Crippen LogP contribution in [-0.4, -0.2) is 41.5 Å². The molecule has 1 aliphatic rings. The quantitative estimate of drug-likeness (QED) is 0.480. The van der Waals surface area contributed by atoms with Crippen LogP contribution in [0.3, 0.4) is 0 Å². The molecule has 3 N–H and O–H groups in total. The number of benzene rings is 1. The second kappa shape index (κ2) is 5.85. The van der Waals surface area contributed by atoms with Gasteiger partial charge in [-0.05, 0) is 19.1 Å². The van der Waals surface area contributed by atoms with Crippen LogP contribution in [0.25, 0.3) is 0 Å². The van der Waals surface area contributed by atoms with Crippen LogP contribution in [0.5, 0.6) is 0 Å². The molecule has 8 heteroatoms. The van der Waals surface area contributed by atoms with E-state index in [4.69, 9.17) is 10.6 Å². The predicted molar refractivity (Wildman–Crippen MR) is 72.2 cm³/mol. The summed E-state index contributed by atoms with van der Waals surface area (Å²) in [5.74, 6) is 5.08. The van der Waals surface area contributed by atoms with Crippen molar-refractivity contribution >= 4 is 17.3 Å². The maximum Gasteiger partial charge on any atom is 0.293 e. The number of rotatable bonds is 3. The van der Waals surface area contributed by atoms with Gasteiger partial charge in [-0.1, -0.05) is 0 Å². The topological polar surface area (TPSA) is 111 Å². The van der Waals surface area contributed by atoms with Crippen molar-refractivity contribution in [1.29, 1.82) is 0 Å². The Labute approximate surface area is 115 Å². The largest absolute Gasteiger partial charge is 0.377 e. The molecular weight excluding hydrogens is 264 g/mol. The molecule has 1 unspecified atom stereocenters. The Morgan fingerprint density at radius 1 is 1.60 bits per heavy atom. The maximum atomic E-state index is 12.4. The number of nitrogens with zero attached hydrogens (tertiary/aromatic N) is 2. The van der Waals surface area contributed by atoms with E-state index in [1.807, 2.05) is 6.92 Å². The first-order valence-corrected chi connectivity index (χ1v) is 6.18. The fraction of sp³-hybridized carbons (Fsp3) is 0.417. The number of nitrogens with two attached hydrogens (primary N) is 1. The molecule has 1 aromatic rings. The van der Waals surface area contributed by atoms with E-state index in [2.05, 4.69) is 5.43 Å². The smallest absolute Gasteiger partial charge is 0.293 e. The minimum atomic E-state index is -0.555. The average Bonchev–Trinajstić information content (AvgIpc) is 2.46. The van der Waals surface area contributed by atoms with Gasteiger partial charge in [0.1, 0.15) is 5.69 Å². The molecule has 1 amide bonds. The number of anilines is 1. The molecule has 1 fully saturated rings. The van der Waals surface area contributed by atoms with Gasteiger partial charge in [-0.15, -0.1) is 0 Å². The van der Waals surface area contributed by atoms with Gasteiger partial charge in [0.05, 0.1) is 24.2 Å². The summed E-state index contributed by atoms with van der Waals surface area (Å²) in [5.41, 5.74) is 2.55. The molecule has 0 saturated carbocycles. The Hall–Kier alpha value is -2.19. The van der Waals surface area contributed by atoms with Crippen molar-refractivity contribution in [3.05, 3.63) is 33.9 Å². The monoisotopic (exact) mass is 280 g/mol. The van der Waals surface area contributed by atoms with E-state index in [-0.39, 0.29) is 23.3 Å². The Bertz CT molecular complexity index is 534. The van der Waals surface area contributed by atoms with Gasteiger partial charge in [-0.3, -0.25) is 20.8 Å². The number of nitrogen functional groups attached to an aromatic ring is 1. The first-order valence-electron chi connectivity index (χ1n) is 6.18. The summed E-state index contributed by atoms with van der Waals surface area (Å²) in [7, 11) is 0. The van der Waals surface area contributed by atoms with Crippen LogP contribution in [0.4, 0.5) is 11.4 Å². The third kappa shape index (κ3) is 2.70. The first kappa shape index (κ1) is 14.2. The number of hydrazine groups is 1. The summed E-state index contributed by atoms with van der Waals surface area (Å²) < 4.78 is 5.28.